The Labute approximate surface area is 269 Å². The molecule has 43 heavy (non-hydrogen) atoms. The zero-order chi connectivity index (χ0) is 29.3. The van der Waals surface area contributed by atoms with Gasteiger partial charge in [-0.3, -0.25) is 0 Å². The summed E-state index contributed by atoms with van der Waals surface area (Å²) < 4.78 is 8.67. The fourth-order valence-corrected chi connectivity index (χ4v) is 10.9. The molecule has 0 spiro atoms. The van der Waals surface area contributed by atoms with Crippen molar-refractivity contribution in [3.05, 3.63) is 54.4 Å². The number of thiophene rings is 3. The fraction of sp³-hybridized carbons (Fsp3) is 0.500. The van der Waals surface area contributed by atoms with Gasteiger partial charge in [0.1, 0.15) is 5.82 Å². The summed E-state index contributed by atoms with van der Waals surface area (Å²) in [5.41, 5.74) is 2.67. The van der Waals surface area contributed by atoms with Crippen molar-refractivity contribution < 1.29 is 0 Å². The van der Waals surface area contributed by atoms with E-state index in [0.29, 0.717) is 0 Å². The number of aromatic nitrogens is 2. The van der Waals surface area contributed by atoms with E-state index in [0.717, 1.165) is 11.4 Å². The first-order valence-corrected chi connectivity index (χ1v) is 19.6. The number of nitrogens with one attached hydrogen (secondary N) is 1. The van der Waals surface area contributed by atoms with Crippen LogP contribution in [0.2, 0.25) is 0 Å². The Bertz CT molecular complexity index is 1700. The fourth-order valence-electron chi connectivity index (χ4n) is 6.57. The first kappa shape index (κ1) is 30.8. The number of imidazole rings is 1. The maximum absolute atomic E-state index is 4.44. The van der Waals surface area contributed by atoms with Gasteiger partial charge in [0.05, 0.1) is 18.8 Å². The van der Waals surface area contributed by atoms with Crippen molar-refractivity contribution in [1.29, 1.82) is 0 Å². The SMILES string of the molecule is CCCCCCCCCCCCCCCCCCCc1ccc2c(c1)sc1c2sc2c3ccc(-c4ncc[nH]4)cc3sc21. The number of rotatable bonds is 19. The van der Waals surface area contributed by atoms with E-state index < -0.39 is 0 Å². The molecule has 228 valence electrons. The molecule has 0 radical (unpaired) electrons. The molecule has 6 aromatic rings. The lowest BCUT2D eigenvalue weighted by molar-refractivity contribution is 0.527. The van der Waals surface area contributed by atoms with E-state index >= 15 is 0 Å². The number of hydrogen-bond donors (Lipinski definition) is 1. The Morgan fingerprint density at radius 3 is 1.65 bits per heavy atom. The highest BCUT2D eigenvalue weighted by Gasteiger charge is 2.17. The number of nitrogens with zero attached hydrogens (tertiary/aromatic N) is 1. The Morgan fingerprint density at radius 1 is 0.558 bits per heavy atom. The number of H-pyrrole nitrogens is 1. The quantitative estimate of drug-likeness (QED) is 0.0888. The second kappa shape index (κ2) is 15.7. The molecule has 0 aliphatic rings. The van der Waals surface area contributed by atoms with Crippen LogP contribution in [-0.2, 0) is 6.42 Å². The Hall–Kier alpha value is -2.21. The molecule has 6 rings (SSSR count). The first-order valence-electron chi connectivity index (χ1n) is 17.1. The summed E-state index contributed by atoms with van der Waals surface area (Å²) in [6, 6.07) is 14.0. The van der Waals surface area contributed by atoms with Gasteiger partial charge in [-0.2, -0.15) is 0 Å². The molecule has 4 heterocycles. The third-order valence-electron chi connectivity index (χ3n) is 9.10. The summed E-state index contributed by atoms with van der Waals surface area (Å²) >= 11 is 5.92. The van der Waals surface area contributed by atoms with Crippen LogP contribution >= 0.6 is 34.0 Å². The van der Waals surface area contributed by atoms with Gasteiger partial charge in [0.25, 0.3) is 0 Å². The van der Waals surface area contributed by atoms with Gasteiger partial charge < -0.3 is 4.98 Å². The topological polar surface area (TPSA) is 28.7 Å². The van der Waals surface area contributed by atoms with Crippen LogP contribution in [0.1, 0.15) is 122 Å². The predicted octanol–water partition coefficient (Wildman–Crippen LogP) is 14.1. The van der Waals surface area contributed by atoms with Gasteiger partial charge in [0.15, 0.2) is 0 Å². The van der Waals surface area contributed by atoms with Crippen molar-refractivity contribution >= 4 is 73.0 Å². The maximum Gasteiger partial charge on any atom is 0.137 e. The van der Waals surface area contributed by atoms with Gasteiger partial charge in [0, 0.05) is 38.1 Å². The molecule has 2 nitrogen and oxygen atoms in total. The van der Waals surface area contributed by atoms with Crippen LogP contribution in [0.3, 0.4) is 0 Å². The van der Waals surface area contributed by atoms with E-state index in [9.17, 15) is 0 Å². The smallest absolute Gasteiger partial charge is 0.137 e. The van der Waals surface area contributed by atoms with Crippen molar-refractivity contribution in [2.75, 3.05) is 0 Å². The van der Waals surface area contributed by atoms with Crippen LogP contribution < -0.4 is 0 Å². The minimum absolute atomic E-state index is 0.942. The second-order valence-electron chi connectivity index (χ2n) is 12.5. The highest BCUT2D eigenvalue weighted by Crippen LogP contribution is 2.50. The molecule has 0 saturated heterocycles. The van der Waals surface area contributed by atoms with Gasteiger partial charge in [-0.1, -0.05) is 134 Å². The van der Waals surface area contributed by atoms with Crippen LogP contribution in [0, 0.1) is 0 Å². The van der Waals surface area contributed by atoms with E-state index in [1.54, 1.807) is 0 Å². The highest BCUT2D eigenvalue weighted by molar-refractivity contribution is 7.43. The van der Waals surface area contributed by atoms with E-state index in [4.69, 9.17) is 0 Å². The molecule has 0 fully saturated rings. The van der Waals surface area contributed by atoms with E-state index in [1.807, 2.05) is 46.4 Å². The van der Waals surface area contributed by atoms with Crippen LogP contribution in [0.5, 0.6) is 0 Å². The standard InChI is InChI=1S/C38H48N2S3/c1-2-3-4-5-6-7-8-9-10-11-12-13-14-15-16-17-18-19-28-20-22-30-32(26-28)41-36-34(30)43-35-31-23-21-29(38-39-24-25-40-38)27-33(31)42-37(35)36/h20-27H,2-19H2,1H3,(H,39,40). The molecule has 2 aromatic carbocycles. The van der Waals surface area contributed by atoms with Crippen molar-refractivity contribution in [3.63, 3.8) is 0 Å². The summed E-state index contributed by atoms with van der Waals surface area (Å²) in [5, 5.41) is 2.83. The Morgan fingerprint density at radius 2 is 1.09 bits per heavy atom. The third-order valence-corrected chi connectivity index (χ3v) is 13.1. The van der Waals surface area contributed by atoms with Gasteiger partial charge in [0.2, 0.25) is 0 Å². The molecule has 1 N–H and O–H groups in total. The van der Waals surface area contributed by atoms with Crippen molar-refractivity contribution in [3.8, 4) is 11.4 Å². The Balaban J connectivity index is 0.910. The molecule has 0 amide bonds. The summed E-state index contributed by atoms with van der Waals surface area (Å²) in [6.07, 6.45) is 29.3. The van der Waals surface area contributed by atoms with Gasteiger partial charge in [-0.15, -0.1) is 34.0 Å². The van der Waals surface area contributed by atoms with Crippen LogP contribution in [-0.4, -0.2) is 9.97 Å². The average Bonchev–Trinajstić information content (AvgIpc) is 3.81. The number of unbranched alkanes of at least 4 members (excludes halogenated alkanes) is 16. The van der Waals surface area contributed by atoms with Gasteiger partial charge >= 0.3 is 0 Å². The molecule has 5 heteroatoms. The number of hydrogen-bond acceptors (Lipinski definition) is 4. The van der Waals surface area contributed by atoms with Crippen LogP contribution in [0.4, 0.5) is 0 Å². The highest BCUT2D eigenvalue weighted by atomic mass is 32.1. The van der Waals surface area contributed by atoms with Crippen molar-refractivity contribution in [1.82, 2.24) is 9.97 Å². The normalized spacial score (nSPS) is 12.1. The van der Waals surface area contributed by atoms with E-state index in [-0.39, 0.29) is 0 Å². The molecule has 0 aliphatic heterocycles. The molecular weight excluding hydrogens is 581 g/mol. The summed E-state index contributed by atoms with van der Waals surface area (Å²) in [6.45, 7) is 2.30. The summed E-state index contributed by atoms with van der Waals surface area (Å²) in [4.78, 5) is 7.68. The number of aromatic amines is 1. The van der Waals surface area contributed by atoms with Crippen molar-refractivity contribution in [2.45, 2.75) is 122 Å². The van der Waals surface area contributed by atoms with Crippen LogP contribution in [0.15, 0.2) is 48.8 Å². The zero-order valence-corrected chi connectivity index (χ0v) is 28.5. The van der Waals surface area contributed by atoms with Crippen molar-refractivity contribution in [2.24, 2.45) is 0 Å². The summed E-state index contributed by atoms with van der Waals surface area (Å²) in [7, 11) is 0. The second-order valence-corrected chi connectivity index (χ2v) is 15.6. The maximum atomic E-state index is 4.44. The average molecular weight is 629 g/mol. The minimum Gasteiger partial charge on any atom is -0.345 e. The van der Waals surface area contributed by atoms with Crippen LogP contribution in [0.25, 0.3) is 50.4 Å². The third kappa shape index (κ3) is 7.72. The largest absolute Gasteiger partial charge is 0.345 e. The lowest BCUT2D eigenvalue weighted by Crippen LogP contribution is -1.86. The molecule has 0 bridgehead atoms. The molecule has 4 aromatic heterocycles. The molecular formula is C38H48N2S3. The predicted molar refractivity (Wildman–Crippen MR) is 196 cm³/mol. The molecule has 0 unspecified atom stereocenters. The molecule has 0 saturated carbocycles. The monoisotopic (exact) mass is 628 g/mol. The number of fused-ring (bicyclic) bond motifs is 7. The lowest BCUT2D eigenvalue weighted by Gasteiger charge is -2.04. The molecule has 0 aliphatic carbocycles. The zero-order valence-electron chi connectivity index (χ0n) is 26.0. The van der Waals surface area contributed by atoms with Gasteiger partial charge in [-0.25, -0.2) is 4.98 Å². The first-order chi connectivity index (χ1) is 21.3. The lowest BCUT2D eigenvalue weighted by atomic mass is 10.0. The number of aryl methyl sites for hydroxylation is 1. The molecule has 0 atom stereocenters. The minimum atomic E-state index is 0.942. The summed E-state index contributed by atoms with van der Waals surface area (Å²) in [5.74, 6) is 0.942. The Kier molecular flexibility index (Phi) is 11.2. The number of benzene rings is 2. The van der Waals surface area contributed by atoms with E-state index in [1.165, 1.54) is 160 Å². The van der Waals surface area contributed by atoms with Gasteiger partial charge in [-0.05, 0) is 30.5 Å². The van der Waals surface area contributed by atoms with E-state index in [2.05, 4.69) is 53.3 Å².